The Morgan fingerprint density at radius 1 is 1.40 bits per heavy atom. The van der Waals surface area contributed by atoms with Crippen LogP contribution in [-0.4, -0.2) is 26.1 Å². The molecule has 176 valence electrons. The van der Waals surface area contributed by atoms with Gasteiger partial charge in [-0.25, -0.2) is 9.49 Å². The van der Waals surface area contributed by atoms with Crippen LogP contribution < -0.4 is 11.3 Å². The number of fused-ring (bicyclic) bond motifs is 1. The summed E-state index contributed by atoms with van der Waals surface area (Å²) in [6.07, 6.45) is 7.15. The van der Waals surface area contributed by atoms with Crippen LogP contribution in [0.3, 0.4) is 0 Å². The molecule has 0 radical (unpaired) electrons. The molecular weight excluding hydrogens is 454 g/mol. The molecule has 10 heteroatoms. The Labute approximate surface area is 199 Å². The predicted octanol–water partition coefficient (Wildman–Crippen LogP) is 3.54. The molecular formula is C25H20F2N6O2. The molecule has 3 aromatic rings. The molecule has 0 spiro atoms. The van der Waals surface area contributed by atoms with Gasteiger partial charge in [0.2, 0.25) is 0 Å². The number of rotatable bonds is 7. The second kappa shape index (κ2) is 10.2. The van der Waals surface area contributed by atoms with E-state index in [1.54, 1.807) is 42.2 Å². The van der Waals surface area contributed by atoms with Gasteiger partial charge in [-0.1, -0.05) is 6.07 Å². The van der Waals surface area contributed by atoms with Crippen molar-refractivity contribution in [3.63, 3.8) is 0 Å². The lowest BCUT2D eigenvalue weighted by Crippen LogP contribution is -2.13. The average Bonchev–Trinajstić information content (AvgIpc) is 3.62. The van der Waals surface area contributed by atoms with E-state index in [-0.39, 0.29) is 41.4 Å². The summed E-state index contributed by atoms with van der Waals surface area (Å²) in [6.45, 7) is 0.133. The molecule has 4 rings (SSSR count). The minimum atomic E-state index is -0.332. The van der Waals surface area contributed by atoms with Crippen LogP contribution in [0.2, 0.25) is 0 Å². The van der Waals surface area contributed by atoms with E-state index in [2.05, 4.69) is 21.4 Å². The van der Waals surface area contributed by atoms with Crippen LogP contribution in [0.15, 0.2) is 58.5 Å². The van der Waals surface area contributed by atoms with Crippen LogP contribution in [0.4, 0.5) is 8.78 Å². The SMILES string of the molecule is Cn1ncc(-c2ccc3c(=O)[nH]nc(CN)c3c2)c1/C=C(C#N)/C(=C\C(C#CF)=C\F)OC1CC1. The Balaban J connectivity index is 1.84. The van der Waals surface area contributed by atoms with Gasteiger partial charge in [-0.15, -0.1) is 4.39 Å². The molecule has 0 atom stereocenters. The van der Waals surface area contributed by atoms with Crippen LogP contribution in [0.25, 0.3) is 28.0 Å². The Kier molecular flexibility index (Phi) is 6.86. The van der Waals surface area contributed by atoms with Gasteiger partial charge in [0.05, 0.1) is 40.2 Å². The second-order valence-corrected chi connectivity index (χ2v) is 7.81. The lowest BCUT2D eigenvalue weighted by molar-refractivity contribution is 0.206. The topological polar surface area (TPSA) is 123 Å². The third kappa shape index (κ3) is 5.03. The van der Waals surface area contributed by atoms with Crippen molar-refractivity contribution in [2.45, 2.75) is 25.5 Å². The maximum Gasteiger partial charge on any atom is 0.272 e. The number of nitriles is 1. The normalized spacial score (nSPS) is 14.4. The minimum absolute atomic E-state index is 0.0773. The zero-order valence-electron chi connectivity index (χ0n) is 18.7. The van der Waals surface area contributed by atoms with Gasteiger partial charge in [-0.2, -0.15) is 15.5 Å². The highest BCUT2D eigenvalue weighted by atomic mass is 19.1. The number of nitrogens with one attached hydrogen (secondary N) is 1. The van der Waals surface area contributed by atoms with E-state index in [0.29, 0.717) is 27.7 Å². The molecule has 0 bridgehead atoms. The van der Waals surface area contributed by atoms with Crippen molar-refractivity contribution in [2.75, 3.05) is 0 Å². The number of benzene rings is 1. The third-order valence-corrected chi connectivity index (χ3v) is 5.44. The van der Waals surface area contributed by atoms with E-state index < -0.39 is 0 Å². The smallest absolute Gasteiger partial charge is 0.272 e. The summed E-state index contributed by atoms with van der Waals surface area (Å²) in [6, 6.07) is 7.29. The van der Waals surface area contributed by atoms with Crippen LogP contribution in [0, 0.1) is 23.4 Å². The molecule has 0 saturated heterocycles. The molecule has 1 saturated carbocycles. The number of nitrogens with zero attached hydrogens (tertiary/aromatic N) is 4. The molecule has 1 aliphatic carbocycles. The standard InChI is InChI=1S/C25H20F2N6O2/c1-33-23(10-17(12-28)24(35-18-3-4-18)8-15(11-27)6-7-26)21(14-30-33)16-2-5-19-20(9-16)22(13-29)31-32-25(19)34/h2,5,8-11,14,18H,3-4,13,29H2,1H3,(H,32,34)/b15-11+,17-10+,24-8+. The Hall–Kier alpha value is -4.54. The van der Waals surface area contributed by atoms with E-state index >= 15 is 0 Å². The number of allylic oxidation sites excluding steroid dienone is 3. The van der Waals surface area contributed by atoms with Crippen molar-refractivity contribution in [2.24, 2.45) is 12.8 Å². The summed E-state index contributed by atoms with van der Waals surface area (Å²) in [7, 11) is 1.70. The highest BCUT2D eigenvalue weighted by Crippen LogP contribution is 2.32. The van der Waals surface area contributed by atoms with Crippen molar-refractivity contribution in [1.82, 2.24) is 20.0 Å². The average molecular weight is 474 g/mol. The van der Waals surface area contributed by atoms with E-state index in [9.17, 15) is 18.8 Å². The summed E-state index contributed by atoms with van der Waals surface area (Å²) in [5, 5.41) is 21.7. The molecule has 0 aliphatic heterocycles. The maximum atomic E-state index is 13.2. The summed E-state index contributed by atoms with van der Waals surface area (Å²) in [5.74, 6) is 2.07. The van der Waals surface area contributed by atoms with Crippen LogP contribution >= 0.6 is 0 Å². The first-order chi connectivity index (χ1) is 17.0. The van der Waals surface area contributed by atoms with E-state index in [4.69, 9.17) is 10.5 Å². The fourth-order valence-corrected chi connectivity index (χ4v) is 3.51. The largest absolute Gasteiger partial charge is 0.489 e. The first-order valence-electron chi connectivity index (χ1n) is 10.6. The van der Waals surface area contributed by atoms with Crippen LogP contribution in [-0.2, 0) is 18.3 Å². The predicted molar refractivity (Wildman–Crippen MR) is 126 cm³/mol. The lowest BCUT2D eigenvalue weighted by Gasteiger charge is -2.10. The Morgan fingerprint density at radius 2 is 2.20 bits per heavy atom. The number of hydrogen-bond donors (Lipinski definition) is 2. The quantitative estimate of drug-likeness (QED) is 0.234. The third-order valence-electron chi connectivity index (χ3n) is 5.44. The fraction of sp³-hybridized carbons (Fsp3) is 0.200. The molecule has 8 nitrogen and oxygen atoms in total. The van der Waals surface area contributed by atoms with E-state index in [0.717, 1.165) is 24.6 Å². The van der Waals surface area contributed by atoms with Crippen molar-refractivity contribution >= 4 is 16.8 Å². The van der Waals surface area contributed by atoms with Crippen molar-refractivity contribution in [3.8, 4) is 29.3 Å². The first-order valence-corrected chi connectivity index (χ1v) is 10.6. The summed E-state index contributed by atoms with van der Waals surface area (Å²) in [5.41, 5.74) is 7.75. The van der Waals surface area contributed by atoms with Gasteiger partial charge in [0.25, 0.3) is 5.56 Å². The number of aryl methyl sites for hydroxylation is 1. The van der Waals surface area contributed by atoms with Gasteiger partial charge in [0, 0.05) is 24.5 Å². The van der Waals surface area contributed by atoms with Gasteiger partial charge in [0.15, 0.2) is 0 Å². The van der Waals surface area contributed by atoms with E-state index in [1.807, 2.05) is 5.92 Å². The highest BCUT2D eigenvalue weighted by Gasteiger charge is 2.26. The monoisotopic (exact) mass is 474 g/mol. The van der Waals surface area contributed by atoms with Gasteiger partial charge in [-0.3, -0.25) is 9.48 Å². The fourth-order valence-electron chi connectivity index (χ4n) is 3.51. The number of nitrogens with two attached hydrogens (primary N) is 1. The van der Waals surface area contributed by atoms with Gasteiger partial charge >= 0.3 is 0 Å². The van der Waals surface area contributed by atoms with Crippen LogP contribution in [0.1, 0.15) is 24.2 Å². The summed E-state index contributed by atoms with van der Waals surface area (Å²) >= 11 is 0. The summed E-state index contributed by atoms with van der Waals surface area (Å²) < 4.78 is 33.0. The first kappa shape index (κ1) is 23.6. The van der Waals surface area contributed by atoms with Crippen molar-refractivity contribution < 1.29 is 13.5 Å². The molecule has 1 aliphatic rings. The molecule has 0 amide bonds. The second-order valence-electron chi connectivity index (χ2n) is 7.81. The molecule has 2 aromatic heterocycles. The molecule has 1 fully saturated rings. The number of H-pyrrole nitrogens is 1. The highest BCUT2D eigenvalue weighted by molar-refractivity contribution is 5.89. The molecule has 2 heterocycles. The Morgan fingerprint density at radius 3 is 2.86 bits per heavy atom. The maximum absolute atomic E-state index is 13.2. The number of aromatic amines is 1. The molecule has 0 unspecified atom stereocenters. The minimum Gasteiger partial charge on any atom is -0.489 e. The zero-order valence-corrected chi connectivity index (χ0v) is 18.7. The van der Waals surface area contributed by atoms with Gasteiger partial charge in [-0.05, 0) is 48.6 Å². The van der Waals surface area contributed by atoms with Crippen LogP contribution in [0.5, 0.6) is 0 Å². The van der Waals surface area contributed by atoms with Crippen molar-refractivity contribution in [1.29, 1.82) is 5.26 Å². The molecule has 35 heavy (non-hydrogen) atoms. The van der Waals surface area contributed by atoms with E-state index in [1.165, 1.54) is 6.08 Å². The Bertz CT molecular complexity index is 1540. The number of hydrogen-bond acceptors (Lipinski definition) is 6. The lowest BCUT2D eigenvalue weighted by atomic mass is 10.0. The summed E-state index contributed by atoms with van der Waals surface area (Å²) in [4.78, 5) is 12.2. The number of ether oxygens (including phenoxy) is 1. The molecule has 1 aromatic carbocycles. The number of aromatic nitrogens is 4. The zero-order chi connectivity index (χ0) is 24.9. The molecule has 3 N–H and O–H groups in total. The van der Waals surface area contributed by atoms with Crippen molar-refractivity contribution in [3.05, 3.63) is 75.4 Å². The van der Waals surface area contributed by atoms with Gasteiger partial charge < -0.3 is 10.5 Å². The van der Waals surface area contributed by atoms with Gasteiger partial charge in [0.1, 0.15) is 24.3 Å². The number of halogens is 2.